The van der Waals surface area contributed by atoms with E-state index in [0.29, 0.717) is 13.0 Å². The van der Waals surface area contributed by atoms with Crippen LogP contribution in [0.25, 0.3) is 0 Å². The second-order valence-electron chi connectivity index (χ2n) is 5.20. The van der Waals surface area contributed by atoms with Crippen molar-refractivity contribution in [3.05, 3.63) is 22.4 Å². The van der Waals surface area contributed by atoms with E-state index >= 15 is 0 Å². The van der Waals surface area contributed by atoms with Crippen LogP contribution in [0.2, 0.25) is 0 Å². The SMILES string of the molecule is CN=C(NCCC(=O)NC(C)C)N(C)CCc1cccs1. The Balaban J connectivity index is 2.28. The fourth-order valence-electron chi connectivity index (χ4n) is 1.91. The highest BCUT2D eigenvalue weighted by atomic mass is 32.1. The predicted octanol–water partition coefficient (Wildman–Crippen LogP) is 1.71. The van der Waals surface area contributed by atoms with Gasteiger partial charge in [0.1, 0.15) is 0 Å². The molecule has 0 atom stereocenters. The highest BCUT2D eigenvalue weighted by molar-refractivity contribution is 7.09. The molecule has 0 aliphatic carbocycles. The van der Waals surface area contributed by atoms with Crippen molar-refractivity contribution in [1.82, 2.24) is 15.5 Å². The fourth-order valence-corrected chi connectivity index (χ4v) is 2.60. The normalized spacial score (nSPS) is 11.6. The van der Waals surface area contributed by atoms with Gasteiger partial charge in [-0.1, -0.05) is 6.07 Å². The highest BCUT2D eigenvalue weighted by Crippen LogP contribution is 2.09. The van der Waals surface area contributed by atoms with Gasteiger partial charge in [0, 0.05) is 44.5 Å². The number of amides is 1. The third-order valence-corrected chi connectivity index (χ3v) is 3.87. The number of nitrogens with one attached hydrogen (secondary N) is 2. The largest absolute Gasteiger partial charge is 0.356 e. The van der Waals surface area contributed by atoms with Crippen LogP contribution in [0, 0.1) is 0 Å². The van der Waals surface area contributed by atoms with Gasteiger partial charge < -0.3 is 15.5 Å². The monoisotopic (exact) mass is 310 g/mol. The van der Waals surface area contributed by atoms with Crippen LogP contribution >= 0.6 is 11.3 Å². The van der Waals surface area contributed by atoms with Crippen molar-refractivity contribution in [2.24, 2.45) is 4.99 Å². The van der Waals surface area contributed by atoms with Crippen LogP contribution in [0.1, 0.15) is 25.1 Å². The zero-order valence-electron chi connectivity index (χ0n) is 13.3. The lowest BCUT2D eigenvalue weighted by Crippen LogP contribution is -2.41. The molecule has 6 heteroatoms. The number of thiophene rings is 1. The Morgan fingerprint density at radius 2 is 2.24 bits per heavy atom. The molecule has 1 heterocycles. The maximum Gasteiger partial charge on any atom is 0.221 e. The molecule has 1 aromatic rings. The predicted molar refractivity (Wildman–Crippen MR) is 89.9 cm³/mol. The third kappa shape index (κ3) is 7.13. The number of hydrogen-bond donors (Lipinski definition) is 2. The van der Waals surface area contributed by atoms with Crippen molar-refractivity contribution in [3.8, 4) is 0 Å². The average Bonchev–Trinajstić information content (AvgIpc) is 2.93. The molecule has 1 aromatic heterocycles. The quantitative estimate of drug-likeness (QED) is 0.595. The Morgan fingerprint density at radius 1 is 1.48 bits per heavy atom. The van der Waals surface area contributed by atoms with Crippen molar-refractivity contribution in [3.63, 3.8) is 0 Å². The van der Waals surface area contributed by atoms with Crippen LogP contribution in [-0.2, 0) is 11.2 Å². The van der Waals surface area contributed by atoms with Gasteiger partial charge in [-0.3, -0.25) is 9.79 Å². The van der Waals surface area contributed by atoms with E-state index in [2.05, 4.69) is 38.0 Å². The number of rotatable bonds is 7. The Morgan fingerprint density at radius 3 is 2.81 bits per heavy atom. The molecule has 118 valence electrons. The van der Waals surface area contributed by atoms with Gasteiger partial charge in [0.2, 0.25) is 5.91 Å². The molecule has 0 aliphatic rings. The van der Waals surface area contributed by atoms with Gasteiger partial charge in [0.25, 0.3) is 0 Å². The van der Waals surface area contributed by atoms with Gasteiger partial charge in [-0.05, 0) is 31.7 Å². The molecule has 5 nitrogen and oxygen atoms in total. The highest BCUT2D eigenvalue weighted by Gasteiger charge is 2.08. The molecule has 0 spiro atoms. The minimum absolute atomic E-state index is 0.0641. The molecule has 0 aliphatic heterocycles. The Bertz CT molecular complexity index is 443. The number of aliphatic imine (C=N–C) groups is 1. The molecule has 0 radical (unpaired) electrons. The summed E-state index contributed by atoms with van der Waals surface area (Å²) in [6, 6.07) is 4.40. The molecule has 0 aromatic carbocycles. The average molecular weight is 310 g/mol. The molecule has 0 saturated carbocycles. The fraction of sp³-hybridized carbons (Fsp3) is 0.600. The number of carbonyl (C=O) groups excluding carboxylic acids is 1. The minimum Gasteiger partial charge on any atom is -0.356 e. The number of nitrogens with zero attached hydrogens (tertiary/aromatic N) is 2. The van der Waals surface area contributed by atoms with Crippen LogP contribution in [-0.4, -0.2) is 50.0 Å². The van der Waals surface area contributed by atoms with Gasteiger partial charge in [0.05, 0.1) is 0 Å². The molecule has 0 unspecified atom stereocenters. The summed E-state index contributed by atoms with van der Waals surface area (Å²) in [4.78, 5) is 19.3. The second-order valence-corrected chi connectivity index (χ2v) is 6.23. The molecule has 1 amide bonds. The maximum atomic E-state index is 11.6. The summed E-state index contributed by atoms with van der Waals surface area (Å²) in [5.41, 5.74) is 0. The molecule has 21 heavy (non-hydrogen) atoms. The van der Waals surface area contributed by atoms with E-state index in [1.54, 1.807) is 18.4 Å². The van der Waals surface area contributed by atoms with Crippen LogP contribution < -0.4 is 10.6 Å². The van der Waals surface area contributed by atoms with Crippen molar-refractivity contribution >= 4 is 23.2 Å². The molecule has 2 N–H and O–H groups in total. The first-order valence-corrected chi connectivity index (χ1v) is 8.14. The van der Waals surface area contributed by atoms with E-state index in [9.17, 15) is 4.79 Å². The standard InChI is InChI=1S/C15H26N4OS/c1-12(2)18-14(20)7-9-17-15(16-3)19(4)10-8-13-6-5-11-21-13/h5-6,11-12H,7-10H2,1-4H3,(H,16,17)(H,18,20). The number of carbonyl (C=O) groups is 1. The van der Waals surface area contributed by atoms with Gasteiger partial charge in [-0.15, -0.1) is 11.3 Å². The van der Waals surface area contributed by atoms with Crippen molar-refractivity contribution in [1.29, 1.82) is 0 Å². The first kappa shape index (κ1) is 17.5. The van der Waals surface area contributed by atoms with Crippen molar-refractivity contribution in [2.75, 3.05) is 27.2 Å². The summed E-state index contributed by atoms with van der Waals surface area (Å²) in [5, 5.41) is 8.19. The summed E-state index contributed by atoms with van der Waals surface area (Å²) in [5.74, 6) is 0.887. The van der Waals surface area contributed by atoms with E-state index in [0.717, 1.165) is 18.9 Å². The summed E-state index contributed by atoms with van der Waals surface area (Å²) in [6.07, 6.45) is 1.46. The third-order valence-electron chi connectivity index (χ3n) is 2.93. The summed E-state index contributed by atoms with van der Waals surface area (Å²) in [7, 11) is 3.77. The lowest BCUT2D eigenvalue weighted by atomic mass is 10.3. The molecule has 0 saturated heterocycles. The van der Waals surface area contributed by atoms with Crippen LogP contribution in [0.3, 0.4) is 0 Å². The molecule has 0 fully saturated rings. The smallest absolute Gasteiger partial charge is 0.221 e. The second kappa shape index (κ2) is 9.39. The zero-order chi connectivity index (χ0) is 15.7. The lowest BCUT2D eigenvalue weighted by Gasteiger charge is -2.21. The van der Waals surface area contributed by atoms with Gasteiger partial charge >= 0.3 is 0 Å². The Hall–Kier alpha value is -1.56. The Kier molecular flexibility index (Phi) is 7.82. The van der Waals surface area contributed by atoms with Gasteiger partial charge in [-0.25, -0.2) is 0 Å². The molecular formula is C15H26N4OS. The Labute approximate surface area is 131 Å². The first-order chi connectivity index (χ1) is 10.0. The summed E-state index contributed by atoms with van der Waals surface area (Å²) in [6.45, 7) is 5.41. The molecular weight excluding hydrogens is 284 g/mol. The minimum atomic E-state index is 0.0641. The molecule has 0 bridgehead atoms. The zero-order valence-corrected chi connectivity index (χ0v) is 14.2. The number of guanidine groups is 1. The van der Waals surface area contributed by atoms with Crippen molar-refractivity contribution in [2.45, 2.75) is 32.7 Å². The summed E-state index contributed by atoms with van der Waals surface area (Å²) >= 11 is 1.77. The van der Waals surface area contributed by atoms with E-state index in [1.165, 1.54) is 4.88 Å². The maximum absolute atomic E-state index is 11.6. The van der Waals surface area contributed by atoms with E-state index < -0.39 is 0 Å². The van der Waals surface area contributed by atoms with Crippen molar-refractivity contribution < 1.29 is 4.79 Å². The van der Waals surface area contributed by atoms with E-state index in [4.69, 9.17) is 0 Å². The van der Waals surface area contributed by atoms with Crippen LogP contribution in [0.4, 0.5) is 0 Å². The number of hydrogen-bond acceptors (Lipinski definition) is 3. The molecule has 1 rings (SSSR count). The summed E-state index contributed by atoms with van der Waals surface area (Å²) < 4.78 is 0. The number of likely N-dealkylation sites (N-methyl/N-ethyl adjacent to an activating group) is 1. The van der Waals surface area contributed by atoms with E-state index in [-0.39, 0.29) is 11.9 Å². The van der Waals surface area contributed by atoms with Crippen LogP contribution in [0.15, 0.2) is 22.5 Å². The van der Waals surface area contributed by atoms with E-state index in [1.807, 2.05) is 20.9 Å². The topological polar surface area (TPSA) is 56.7 Å². The van der Waals surface area contributed by atoms with Gasteiger partial charge in [0.15, 0.2) is 5.96 Å². The van der Waals surface area contributed by atoms with Crippen LogP contribution in [0.5, 0.6) is 0 Å². The lowest BCUT2D eigenvalue weighted by molar-refractivity contribution is -0.121. The first-order valence-electron chi connectivity index (χ1n) is 7.26. The van der Waals surface area contributed by atoms with Gasteiger partial charge in [-0.2, -0.15) is 0 Å².